The number of amides is 1. The molecule has 0 saturated carbocycles. The Morgan fingerprint density at radius 3 is 1.84 bits per heavy atom. The van der Waals surface area contributed by atoms with E-state index in [1.54, 1.807) is 0 Å². The normalized spacial score (nSPS) is 11.3. The van der Waals surface area contributed by atoms with Crippen molar-refractivity contribution in [1.29, 1.82) is 0 Å². The zero-order valence-corrected chi connectivity index (χ0v) is 19.0. The highest BCUT2D eigenvalue weighted by Crippen LogP contribution is 2.24. The second-order valence-electron chi connectivity index (χ2n) is 7.67. The minimum atomic E-state index is -3.68. The summed E-state index contributed by atoms with van der Waals surface area (Å²) in [6.45, 7) is 2.22. The lowest BCUT2D eigenvalue weighted by molar-refractivity contribution is -0.127. The lowest BCUT2D eigenvalue weighted by Gasteiger charge is -2.09. The lowest BCUT2D eigenvalue weighted by atomic mass is 10.1. The highest BCUT2D eigenvalue weighted by atomic mass is 32.2. The van der Waals surface area contributed by atoms with E-state index in [1.807, 2.05) is 0 Å². The van der Waals surface area contributed by atoms with Crippen molar-refractivity contribution in [2.24, 2.45) is 0 Å². The molecule has 31 heavy (non-hydrogen) atoms. The molecule has 0 heterocycles. The van der Waals surface area contributed by atoms with Crippen LogP contribution in [0.5, 0.6) is 11.5 Å². The van der Waals surface area contributed by atoms with Crippen molar-refractivity contribution in [1.82, 2.24) is 5.48 Å². The third kappa shape index (κ3) is 8.61. The van der Waals surface area contributed by atoms with E-state index in [-0.39, 0.29) is 21.4 Å². The molecular weight excluding hydrogens is 414 g/mol. The fraction of sp³-hybridized carbons (Fsp3) is 0.458. The molecule has 0 aromatic heterocycles. The Bertz CT molecular complexity index is 893. The monoisotopic (exact) mass is 447 g/mol. The van der Waals surface area contributed by atoms with Gasteiger partial charge in [-0.05, 0) is 55.0 Å². The topological polar surface area (TPSA) is 92.7 Å². The quantitative estimate of drug-likeness (QED) is 0.292. The van der Waals surface area contributed by atoms with Crippen molar-refractivity contribution >= 4 is 15.7 Å². The van der Waals surface area contributed by atoms with Gasteiger partial charge in [-0.2, -0.15) is 5.48 Å². The third-order valence-electron chi connectivity index (χ3n) is 5.07. The number of hydrogen-bond acceptors (Lipinski definition) is 5. The van der Waals surface area contributed by atoms with Crippen molar-refractivity contribution in [3.63, 3.8) is 0 Å². The van der Waals surface area contributed by atoms with Gasteiger partial charge in [0, 0.05) is 6.42 Å². The lowest BCUT2D eigenvalue weighted by Crippen LogP contribution is -2.26. The maximum absolute atomic E-state index is 12.6. The van der Waals surface area contributed by atoms with Crippen molar-refractivity contribution < 1.29 is 23.2 Å². The highest BCUT2D eigenvalue weighted by Gasteiger charge is 2.17. The van der Waals surface area contributed by atoms with E-state index in [2.05, 4.69) is 12.4 Å². The fourth-order valence-electron chi connectivity index (χ4n) is 3.21. The van der Waals surface area contributed by atoms with Gasteiger partial charge in [-0.1, -0.05) is 58.3 Å². The van der Waals surface area contributed by atoms with Gasteiger partial charge in [0.05, 0.1) is 9.79 Å². The van der Waals surface area contributed by atoms with Crippen LogP contribution in [0.4, 0.5) is 0 Å². The van der Waals surface area contributed by atoms with E-state index >= 15 is 0 Å². The van der Waals surface area contributed by atoms with E-state index in [9.17, 15) is 18.3 Å². The molecule has 0 aliphatic carbocycles. The summed E-state index contributed by atoms with van der Waals surface area (Å²) in [4.78, 5) is 17.4. The van der Waals surface area contributed by atoms with Crippen molar-refractivity contribution in [2.75, 3.05) is 0 Å². The molecule has 170 valence electrons. The molecular formula is C24H33NO5S. The number of sulfone groups is 1. The van der Waals surface area contributed by atoms with E-state index in [4.69, 9.17) is 4.84 Å². The average molecular weight is 448 g/mol. The van der Waals surface area contributed by atoms with Crippen LogP contribution in [0.15, 0.2) is 58.3 Å². The van der Waals surface area contributed by atoms with Crippen LogP contribution in [0.25, 0.3) is 0 Å². The molecule has 2 aromatic rings. The number of nitrogens with one attached hydrogen (secondary N) is 1. The number of phenolic OH excluding ortho intramolecular Hbond substituents is 1. The average Bonchev–Trinajstić information content (AvgIpc) is 2.77. The van der Waals surface area contributed by atoms with Gasteiger partial charge in [-0.25, -0.2) is 8.42 Å². The van der Waals surface area contributed by atoms with E-state index < -0.39 is 9.84 Å². The first-order valence-electron chi connectivity index (χ1n) is 11.0. The fourth-order valence-corrected chi connectivity index (χ4v) is 4.47. The first-order valence-corrected chi connectivity index (χ1v) is 12.5. The molecule has 0 saturated heterocycles. The molecule has 6 nitrogen and oxygen atoms in total. The van der Waals surface area contributed by atoms with Gasteiger partial charge >= 0.3 is 0 Å². The maximum Gasteiger partial charge on any atom is 0.252 e. The van der Waals surface area contributed by atoms with E-state index in [0.29, 0.717) is 12.2 Å². The summed E-state index contributed by atoms with van der Waals surface area (Å²) >= 11 is 0. The van der Waals surface area contributed by atoms with Gasteiger partial charge in [0.1, 0.15) is 5.75 Å². The molecule has 0 atom stereocenters. The number of hydroxylamine groups is 1. The molecule has 2 rings (SSSR count). The molecule has 0 unspecified atom stereocenters. The Balaban J connectivity index is 1.68. The molecule has 2 aromatic carbocycles. The molecule has 0 bridgehead atoms. The van der Waals surface area contributed by atoms with Crippen LogP contribution >= 0.6 is 0 Å². The van der Waals surface area contributed by atoms with E-state index in [1.165, 1.54) is 87.1 Å². The molecule has 7 heteroatoms. The molecule has 0 aliphatic heterocycles. The SMILES string of the molecule is CCCCCCCCCCCC(=O)NOc1ccc(S(=O)(=O)c2ccc(O)cc2)cc1. The number of aromatic hydroxyl groups is 1. The number of rotatable bonds is 14. The molecule has 2 N–H and O–H groups in total. The van der Waals surface area contributed by atoms with Gasteiger partial charge in [0.25, 0.3) is 5.91 Å². The van der Waals surface area contributed by atoms with Crippen LogP contribution < -0.4 is 10.3 Å². The molecule has 0 spiro atoms. The van der Waals surface area contributed by atoms with Crippen LogP contribution in [0.3, 0.4) is 0 Å². The van der Waals surface area contributed by atoms with Gasteiger partial charge in [-0.3, -0.25) is 4.79 Å². The van der Waals surface area contributed by atoms with Crippen LogP contribution in [-0.2, 0) is 14.6 Å². The smallest absolute Gasteiger partial charge is 0.252 e. The number of benzene rings is 2. The predicted molar refractivity (Wildman–Crippen MR) is 121 cm³/mol. The summed E-state index contributed by atoms with van der Waals surface area (Å²) < 4.78 is 25.2. The number of carbonyl (C=O) groups is 1. The van der Waals surface area contributed by atoms with Crippen LogP contribution in [0.2, 0.25) is 0 Å². The van der Waals surface area contributed by atoms with Gasteiger partial charge in [0.15, 0.2) is 5.75 Å². The Morgan fingerprint density at radius 1 is 0.806 bits per heavy atom. The zero-order valence-electron chi connectivity index (χ0n) is 18.2. The van der Waals surface area contributed by atoms with Crippen LogP contribution in [0, 0.1) is 0 Å². The summed E-state index contributed by atoms with van der Waals surface area (Å²) in [5.41, 5.74) is 2.40. The van der Waals surface area contributed by atoms with Crippen molar-refractivity contribution in [2.45, 2.75) is 80.9 Å². The van der Waals surface area contributed by atoms with Gasteiger partial charge < -0.3 is 9.94 Å². The van der Waals surface area contributed by atoms with Gasteiger partial charge in [-0.15, -0.1) is 0 Å². The molecule has 1 amide bonds. The van der Waals surface area contributed by atoms with Crippen molar-refractivity contribution in [3.05, 3.63) is 48.5 Å². The number of unbranched alkanes of at least 4 members (excludes halogenated alkanes) is 8. The first-order chi connectivity index (χ1) is 14.9. The summed E-state index contributed by atoms with van der Waals surface area (Å²) in [5.74, 6) is 0.162. The van der Waals surface area contributed by atoms with Crippen LogP contribution in [-0.4, -0.2) is 19.4 Å². The molecule has 0 radical (unpaired) electrons. The highest BCUT2D eigenvalue weighted by molar-refractivity contribution is 7.91. The van der Waals surface area contributed by atoms with Crippen LogP contribution in [0.1, 0.15) is 71.1 Å². The standard InChI is InChI=1S/C24H33NO5S/c1-2-3-4-5-6-7-8-9-10-11-24(27)25-30-21-14-18-23(19-15-21)31(28,29)22-16-12-20(26)13-17-22/h12-19,26H,2-11H2,1H3,(H,25,27). The predicted octanol–water partition coefficient (Wildman–Crippen LogP) is 5.56. The summed E-state index contributed by atoms with van der Waals surface area (Å²) in [7, 11) is -3.68. The second-order valence-corrected chi connectivity index (χ2v) is 9.62. The third-order valence-corrected chi connectivity index (χ3v) is 6.86. The minimum absolute atomic E-state index is 0.000786. The van der Waals surface area contributed by atoms with Crippen molar-refractivity contribution in [3.8, 4) is 11.5 Å². The number of hydrogen-bond donors (Lipinski definition) is 2. The first kappa shape index (κ1) is 24.7. The molecule has 0 aliphatic rings. The Hall–Kier alpha value is -2.54. The number of phenols is 1. The van der Waals surface area contributed by atoms with Gasteiger partial charge in [0.2, 0.25) is 9.84 Å². The van der Waals surface area contributed by atoms with E-state index in [0.717, 1.165) is 19.3 Å². The maximum atomic E-state index is 12.6. The molecule has 0 fully saturated rings. The Morgan fingerprint density at radius 2 is 1.29 bits per heavy atom. The number of carbonyl (C=O) groups excluding carboxylic acids is 1. The summed E-state index contributed by atoms with van der Waals surface area (Å²) in [6.07, 6.45) is 11.1. The largest absolute Gasteiger partial charge is 0.508 e. The Kier molecular flexibility index (Phi) is 10.4. The Labute approximate surface area is 185 Å². The summed E-state index contributed by atoms with van der Waals surface area (Å²) in [6, 6.07) is 11.2. The summed E-state index contributed by atoms with van der Waals surface area (Å²) in [5, 5.41) is 9.32. The zero-order chi connectivity index (χ0) is 22.5. The minimum Gasteiger partial charge on any atom is -0.508 e. The second kappa shape index (κ2) is 13.0.